The average molecular weight is 533 g/mol. The van der Waals surface area contributed by atoms with Gasteiger partial charge in [0.05, 0.1) is 25.3 Å². The van der Waals surface area contributed by atoms with E-state index in [1.165, 1.54) is 0 Å². The van der Waals surface area contributed by atoms with Gasteiger partial charge in [0.1, 0.15) is 11.5 Å². The number of nitrogens with one attached hydrogen (secondary N) is 1. The Labute approximate surface area is 226 Å². The standard InChI is InChI=1S/C29H29ClN4O4/c1-19-5-3-6-20(15-19)28-32-27(38-33-28)18-34-14-4-7-21(17-34)29(35)31-25-16-22(30)8-13-26(25)37-24-11-9-23(36-2)10-12-24/h3,5-6,8-13,15-16,21H,4,7,14,17-18H2,1-2H3,(H,31,35). The minimum atomic E-state index is -0.198. The molecule has 1 unspecified atom stereocenters. The molecule has 0 spiro atoms. The molecule has 196 valence electrons. The summed E-state index contributed by atoms with van der Waals surface area (Å²) < 4.78 is 16.7. The van der Waals surface area contributed by atoms with E-state index in [2.05, 4.69) is 20.4 Å². The number of piperidine rings is 1. The van der Waals surface area contributed by atoms with Crippen molar-refractivity contribution in [3.63, 3.8) is 0 Å². The molecule has 1 aliphatic rings. The number of nitrogens with zero attached hydrogens (tertiary/aromatic N) is 3. The Morgan fingerprint density at radius 1 is 1.13 bits per heavy atom. The summed E-state index contributed by atoms with van der Waals surface area (Å²) in [4.78, 5) is 20.0. The second-order valence-electron chi connectivity index (χ2n) is 9.36. The van der Waals surface area contributed by atoms with Crippen LogP contribution in [-0.4, -0.2) is 41.1 Å². The van der Waals surface area contributed by atoms with Gasteiger partial charge in [0.15, 0.2) is 5.75 Å². The number of methoxy groups -OCH3 is 1. The van der Waals surface area contributed by atoms with Crippen LogP contribution < -0.4 is 14.8 Å². The van der Waals surface area contributed by atoms with Crippen molar-refractivity contribution in [1.82, 2.24) is 15.0 Å². The number of carbonyl (C=O) groups excluding carboxylic acids is 1. The molecule has 3 aromatic carbocycles. The predicted molar refractivity (Wildman–Crippen MR) is 146 cm³/mol. The van der Waals surface area contributed by atoms with Gasteiger partial charge < -0.3 is 19.3 Å². The van der Waals surface area contributed by atoms with Crippen LogP contribution in [-0.2, 0) is 11.3 Å². The maximum atomic E-state index is 13.3. The number of amides is 1. The Bertz CT molecular complexity index is 1410. The SMILES string of the molecule is COc1ccc(Oc2ccc(Cl)cc2NC(=O)C2CCCN(Cc3nc(-c4cccc(C)c4)no3)C2)cc1. The zero-order valence-electron chi connectivity index (χ0n) is 21.3. The Kier molecular flexibility index (Phi) is 7.91. The largest absolute Gasteiger partial charge is 0.497 e. The lowest BCUT2D eigenvalue weighted by Crippen LogP contribution is -2.40. The van der Waals surface area contributed by atoms with E-state index in [1.54, 1.807) is 37.4 Å². The molecular weight excluding hydrogens is 504 g/mol. The molecule has 2 heterocycles. The van der Waals surface area contributed by atoms with Crippen molar-refractivity contribution >= 4 is 23.2 Å². The molecule has 8 nitrogen and oxygen atoms in total. The maximum absolute atomic E-state index is 13.3. The van der Waals surface area contributed by atoms with Gasteiger partial charge in [-0.2, -0.15) is 4.98 Å². The molecule has 1 atom stereocenters. The molecule has 9 heteroatoms. The van der Waals surface area contributed by atoms with Gasteiger partial charge in [0, 0.05) is 17.1 Å². The van der Waals surface area contributed by atoms with Crippen LogP contribution in [0.25, 0.3) is 11.4 Å². The molecule has 1 saturated heterocycles. The van der Waals surface area contributed by atoms with Gasteiger partial charge >= 0.3 is 0 Å². The molecule has 0 bridgehead atoms. The van der Waals surface area contributed by atoms with Crippen LogP contribution in [0.2, 0.25) is 5.02 Å². The fourth-order valence-electron chi connectivity index (χ4n) is 4.52. The van der Waals surface area contributed by atoms with Crippen LogP contribution in [0, 0.1) is 12.8 Å². The van der Waals surface area contributed by atoms with Crippen LogP contribution >= 0.6 is 11.6 Å². The lowest BCUT2D eigenvalue weighted by molar-refractivity contribution is -0.121. The molecule has 1 aliphatic heterocycles. The first-order valence-corrected chi connectivity index (χ1v) is 12.9. The van der Waals surface area contributed by atoms with Crippen molar-refractivity contribution in [1.29, 1.82) is 0 Å². The highest BCUT2D eigenvalue weighted by Crippen LogP contribution is 2.33. The van der Waals surface area contributed by atoms with Gasteiger partial charge in [0.25, 0.3) is 0 Å². The van der Waals surface area contributed by atoms with Crippen LogP contribution in [0.5, 0.6) is 17.2 Å². The number of ether oxygens (including phenoxy) is 2. The van der Waals surface area contributed by atoms with Crippen LogP contribution in [0.3, 0.4) is 0 Å². The van der Waals surface area contributed by atoms with Crippen LogP contribution in [0.15, 0.2) is 71.3 Å². The van der Waals surface area contributed by atoms with Crippen LogP contribution in [0.1, 0.15) is 24.3 Å². The third-order valence-electron chi connectivity index (χ3n) is 6.47. The van der Waals surface area contributed by atoms with E-state index in [0.29, 0.717) is 47.0 Å². The molecule has 0 radical (unpaired) electrons. The van der Waals surface area contributed by atoms with Gasteiger partial charge in [-0.1, -0.05) is 40.5 Å². The summed E-state index contributed by atoms with van der Waals surface area (Å²) in [6, 6.07) is 20.4. The summed E-state index contributed by atoms with van der Waals surface area (Å²) in [6.45, 7) is 3.96. The number of aromatic nitrogens is 2. The summed E-state index contributed by atoms with van der Waals surface area (Å²) in [5.74, 6) is 2.69. The number of aryl methyl sites for hydroxylation is 1. The highest BCUT2D eigenvalue weighted by molar-refractivity contribution is 6.31. The number of hydrogen-bond donors (Lipinski definition) is 1. The maximum Gasteiger partial charge on any atom is 0.241 e. The van der Waals surface area contributed by atoms with Crippen molar-refractivity contribution < 1.29 is 18.8 Å². The molecule has 1 amide bonds. The second-order valence-corrected chi connectivity index (χ2v) is 9.80. The highest BCUT2D eigenvalue weighted by atomic mass is 35.5. The molecule has 38 heavy (non-hydrogen) atoms. The second kappa shape index (κ2) is 11.7. The lowest BCUT2D eigenvalue weighted by Gasteiger charge is -2.31. The van der Waals surface area contributed by atoms with Gasteiger partial charge in [-0.25, -0.2) is 0 Å². The molecule has 0 aliphatic carbocycles. The molecule has 5 rings (SSSR count). The van der Waals surface area contributed by atoms with E-state index >= 15 is 0 Å². The predicted octanol–water partition coefficient (Wildman–Crippen LogP) is 6.35. The molecular formula is C29H29ClN4O4. The summed E-state index contributed by atoms with van der Waals surface area (Å²) in [6.07, 6.45) is 1.68. The third-order valence-corrected chi connectivity index (χ3v) is 6.70. The monoisotopic (exact) mass is 532 g/mol. The van der Waals surface area contributed by atoms with Gasteiger partial charge in [-0.15, -0.1) is 0 Å². The number of hydrogen-bond acceptors (Lipinski definition) is 7. The lowest BCUT2D eigenvalue weighted by atomic mass is 9.97. The van der Waals surface area contributed by atoms with E-state index in [0.717, 1.165) is 36.3 Å². The summed E-state index contributed by atoms with van der Waals surface area (Å²) >= 11 is 6.24. The Hall–Kier alpha value is -3.88. The summed E-state index contributed by atoms with van der Waals surface area (Å²) in [5.41, 5.74) is 2.58. The number of carbonyl (C=O) groups is 1. The number of halogens is 1. The molecule has 4 aromatic rings. The minimum absolute atomic E-state index is 0.0810. The molecule has 1 fully saturated rings. The first-order chi connectivity index (χ1) is 18.5. The first-order valence-electron chi connectivity index (χ1n) is 12.5. The highest BCUT2D eigenvalue weighted by Gasteiger charge is 2.28. The normalized spacial score (nSPS) is 15.7. The Morgan fingerprint density at radius 2 is 1.95 bits per heavy atom. The quantitative estimate of drug-likeness (QED) is 0.283. The fourth-order valence-corrected chi connectivity index (χ4v) is 4.69. The minimum Gasteiger partial charge on any atom is -0.497 e. The van der Waals surface area contributed by atoms with E-state index in [-0.39, 0.29) is 11.8 Å². The number of rotatable bonds is 8. The van der Waals surface area contributed by atoms with Crippen molar-refractivity contribution in [3.05, 3.63) is 83.2 Å². The fraction of sp³-hybridized carbons (Fsp3) is 0.276. The van der Waals surface area contributed by atoms with E-state index in [4.69, 9.17) is 25.6 Å². The van der Waals surface area contributed by atoms with Crippen molar-refractivity contribution in [2.45, 2.75) is 26.3 Å². The molecule has 1 N–H and O–H groups in total. The van der Waals surface area contributed by atoms with Gasteiger partial charge in [-0.05, 0) is 74.8 Å². The van der Waals surface area contributed by atoms with Crippen LogP contribution in [0.4, 0.5) is 5.69 Å². The first kappa shape index (κ1) is 25.8. The average Bonchev–Trinajstić information content (AvgIpc) is 3.39. The number of benzene rings is 3. The van der Waals surface area contributed by atoms with Crippen molar-refractivity contribution in [3.8, 4) is 28.6 Å². The number of likely N-dealkylation sites (tertiary alicyclic amines) is 1. The molecule has 1 aromatic heterocycles. The number of anilines is 1. The van der Waals surface area contributed by atoms with E-state index < -0.39 is 0 Å². The van der Waals surface area contributed by atoms with E-state index in [1.807, 2.05) is 43.3 Å². The summed E-state index contributed by atoms with van der Waals surface area (Å²) in [5, 5.41) is 7.68. The Morgan fingerprint density at radius 3 is 2.74 bits per heavy atom. The zero-order chi connectivity index (χ0) is 26.5. The smallest absolute Gasteiger partial charge is 0.241 e. The topological polar surface area (TPSA) is 89.7 Å². The van der Waals surface area contributed by atoms with Gasteiger partial charge in [0.2, 0.25) is 17.6 Å². The summed E-state index contributed by atoms with van der Waals surface area (Å²) in [7, 11) is 1.61. The van der Waals surface area contributed by atoms with Crippen molar-refractivity contribution in [2.75, 3.05) is 25.5 Å². The van der Waals surface area contributed by atoms with E-state index in [9.17, 15) is 4.79 Å². The van der Waals surface area contributed by atoms with Gasteiger partial charge in [-0.3, -0.25) is 9.69 Å². The third kappa shape index (κ3) is 6.33. The van der Waals surface area contributed by atoms with Crippen molar-refractivity contribution in [2.24, 2.45) is 5.92 Å². The molecule has 0 saturated carbocycles. The zero-order valence-corrected chi connectivity index (χ0v) is 22.1. The Balaban J connectivity index is 1.23.